The van der Waals surface area contributed by atoms with Crippen molar-refractivity contribution in [1.82, 2.24) is 0 Å². The Kier molecular flexibility index (Phi) is 10.5. The average Bonchev–Trinajstić information content (AvgIpc) is 3.54. The van der Waals surface area contributed by atoms with Crippen molar-refractivity contribution in [1.29, 1.82) is 0 Å². The van der Waals surface area contributed by atoms with Gasteiger partial charge in [0.15, 0.2) is 17.3 Å². The zero-order valence-corrected chi connectivity index (χ0v) is 28.7. The number of fused-ring (bicyclic) bond motifs is 1. The van der Waals surface area contributed by atoms with Crippen LogP contribution in [0.1, 0.15) is 101 Å². The molecular formula is C34H48O13. The molecule has 11 atom stereocenters. The molecule has 3 fully saturated rings. The molecule has 0 aromatic rings. The molecule has 0 bridgehead atoms. The van der Waals surface area contributed by atoms with Crippen LogP contribution in [0.25, 0.3) is 0 Å². The maximum Gasteiger partial charge on any atom is 0.342 e. The van der Waals surface area contributed by atoms with Crippen LogP contribution in [-0.2, 0) is 61.9 Å². The van der Waals surface area contributed by atoms with E-state index < -0.39 is 101 Å². The highest BCUT2D eigenvalue weighted by Crippen LogP contribution is 2.66. The van der Waals surface area contributed by atoms with Crippen molar-refractivity contribution in [3.63, 3.8) is 0 Å². The molecule has 4 rings (SSSR count). The van der Waals surface area contributed by atoms with Crippen LogP contribution in [-0.4, -0.2) is 83.6 Å². The number of esters is 6. The van der Waals surface area contributed by atoms with Gasteiger partial charge in [-0.3, -0.25) is 24.0 Å². The number of carbonyl (C=O) groups is 6. The minimum absolute atomic E-state index is 0.00217. The van der Waals surface area contributed by atoms with E-state index in [4.69, 9.17) is 33.2 Å². The van der Waals surface area contributed by atoms with Crippen LogP contribution >= 0.6 is 0 Å². The van der Waals surface area contributed by atoms with Gasteiger partial charge in [-0.15, -0.1) is 0 Å². The molecule has 0 amide bonds. The summed E-state index contributed by atoms with van der Waals surface area (Å²) >= 11 is 0. The van der Waals surface area contributed by atoms with E-state index >= 15 is 0 Å². The first-order chi connectivity index (χ1) is 22.0. The zero-order valence-electron chi connectivity index (χ0n) is 28.7. The summed E-state index contributed by atoms with van der Waals surface area (Å²) in [6.45, 7) is 14.2. The second-order valence-electron chi connectivity index (χ2n) is 13.7. The van der Waals surface area contributed by atoms with Gasteiger partial charge in [0.2, 0.25) is 0 Å². The Labute approximate surface area is 275 Å². The third-order valence-corrected chi connectivity index (χ3v) is 10.2. The van der Waals surface area contributed by atoms with Crippen molar-refractivity contribution in [2.75, 3.05) is 0 Å². The van der Waals surface area contributed by atoms with Gasteiger partial charge < -0.3 is 33.2 Å². The van der Waals surface area contributed by atoms with E-state index in [1.54, 1.807) is 33.8 Å². The fourth-order valence-corrected chi connectivity index (χ4v) is 8.11. The molecule has 0 N–H and O–H groups in total. The minimum atomic E-state index is -1.53. The Hall–Kier alpha value is -3.48. The molecular weight excluding hydrogens is 616 g/mol. The number of hydrogen-bond donors (Lipinski definition) is 0. The number of epoxide rings is 1. The Bertz CT molecular complexity index is 1320. The molecule has 0 aromatic carbocycles. The van der Waals surface area contributed by atoms with Gasteiger partial charge in [-0.1, -0.05) is 33.3 Å². The Morgan fingerprint density at radius 3 is 1.87 bits per heavy atom. The Balaban J connectivity index is 2.06. The smallest absolute Gasteiger partial charge is 0.342 e. The molecule has 1 saturated carbocycles. The monoisotopic (exact) mass is 664 g/mol. The highest BCUT2D eigenvalue weighted by Gasteiger charge is 2.87. The fraction of sp³-hybridized carbons (Fsp3) is 0.765. The van der Waals surface area contributed by atoms with Gasteiger partial charge in [0, 0.05) is 58.3 Å². The van der Waals surface area contributed by atoms with E-state index in [2.05, 4.69) is 0 Å². The van der Waals surface area contributed by atoms with Gasteiger partial charge >= 0.3 is 35.8 Å². The van der Waals surface area contributed by atoms with Crippen molar-refractivity contribution in [2.24, 2.45) is 17.3 Å². The van der Waals surface area contributed by atoms with Crippen molar-refractivity contribution < 1.29 is 61.9 Å². The number of rotatable bonds is 9. The second-order valence-corrected chi connectivity index (χ2v) is 13.7. The summed E-state index contributed by atoms with van der Waals surface area (Å²) in [6.07, 6.45) is -3.61. The Morgan fingerprint density at radius 1 is 0.830 bits per heavy atom. The summed E-state index contributed by atoms with van der Waals surface area (Å²) in [6, 6.07) is 0. The minimum Gasteiger partial charge on any atom is -0.462 e. The van der Waals surface area contributed by atoms with E-state index in [9.17, 15) is 28.8 Å². The highest BCUT2D eigenvalue weighted by molar-refractivity contribution is 5.89. The molecule has 13 nitrogen and oxygen atoms in total. The predicted octanol–water partition coefficient (Wildman–Crippen LogP) is 3.67. The zero-order chi connectivity index (χ0) is 35.1. The van der Waals surface area contributed by atoms with Crippen molar-refractivity contribution in [3.8, 4) is 0 Å². The van der Waals surface area contributed by atoms with Crippen LogP contribution in [0.3, 0.4) is 0 Å². The predicted molar refractivity (Wildman–Crippen MR) is 162 cm³/mol. The third kappa shape index (κ3) is 6.51. The molecule has 0 radical (unpaired) electrons. The van der Waals surface area contributed by atoms with Gasteiger partial charge in [0.05, 0.1) is 5.41 Å². The number of hydrogen-bond acceptors (Lipinski definition) is 13. The maximum atomic E-state index is 13.3. The number of carbonyl (C=O) groups excluding carboxylic acids is 6. The van der Waals surface area contributed by atoms with Gasteiger partial charge in [0.25, 0.3) is 0 Å². The first kappa shape index (κ1) is 36.4. The summed E-state index contributed by atoms with van der Waals surface area (Å²) in [4.78, 5) is 77.9. The lowest BCUT2D eigenvalue weighted by Gasteiger charge is -2.57. The fourth-order valence-electron chi connectivity index (χ4n) is 8.11. The van der Waals surface area contributed by atoms with Crippen molar-refractivity contribution in [2.45, 2.75) is 149 Å². The molecule has 2 heterocycles. The molecule has 262 valence electrons. The van der Waals surface area contributed by atoms with Gasteiger partial charge in [0.1, 0.15) is 30.5 Å². The molecule has 1 spiro atoms. The second kappa shape index (κ2) is 13.6. The van der Waals surface area contributed by atoms with Crippen LogP contribution < -0.4 is 0 Å². The lowest BCUT2D eigenvalue weighted by atomic mass is 9.52. The average molecular weight is 665 g/mol. The molecule has 2 saturated heterocycles. The van der Waals surface area contributed by atoms with E-state index in [-0.39, 0.29) is 25.7 Å². The first-order valence-corrected chi connectivity index (χ1v) is 16.4. The van der Waals surface area contributed by atoms with E-state index in [0.717, 1.165) is 0 Å². The molecule has 2 aliphatic heterocycles. The van der Waals surface area contributed by atoms with E-state index in [1.165, 1.54) is 20.8 Å². The lowest BCUT2D eigenvalue weighted by Crippen LogP contribution is -2.68. The summed E-state index contributed by atoms with van der Waals surface area (Å²) < 4.78 is 42.4. The molecule has 0 unspecified atom stereocenters. The third-order valence-electron chi connectivity index (χ3n) is 10.2. The molecule has 0 aromatic heterocycles. The van der Waals surface area contributed by atoms with E-state index in [1.807, 2.05) is 13.8 Å². The normalized spacial score (nSPS) is 40.1. The van der Waals surface area contributed by atoms with Gasteiger partial charge in [-0.25, -0.2) is 4.79 Å². The van der Waals surface area contributed by atoms with Crippen LogP contribution in [0.2, 0.25) is 0 Å². The van der Waals surface area contributed by atoms with Crippen molar-refractivity contribution >= 4 is 35.8 Å². The van der Waals surface area contributed by atoms with Crippen LogP contribution in [0.5, 0.6) is 0 Å². The van der Waals surface area contributed by atoms with Crippen molar-refractivity contribution in [3.05, 3.63) is 11.6 Å². The number of ether oxygens (including phenoxy) is 7. The summed E-state index contributed by atoms with van der Waals surface area (Å²) in [7, 11) is 0. The van der Waals surface area contributed by atoms with Gasteiger partial charge in [-0.2, -0.15) is 0 Å². The SMILES string of the molecule is CCCC(=O)O[C@H]1C[C@H](OC(C)=O)[C@]2(C)[C@H]([C@H]1C)[C@@H](OC(C)=O)[C@@]13O[C@@]1(C)C(=O)O[C@H]3/C=C(/C)C[C@H](OC(=O)CCC)[C@@H]2OC(C)=O. The van der Waals surface area contributed by atoms with Crippen LogP contribution in [0, 0.1) is 17.3 Å². The largest absolute Gasteiger partial charge is 0.462 e. The molecule has 2 aliphatic carbocycles. The summed E-state index contributed by atoms with van der Waals surface area (Å²) in [5, 5.41) is 0. The lowest BCUT2D eigenvalue weighted by molar-refractivity contribution is -0.248. The standard InChI is InChI=1S/C34H48O13/c1-10-12-26(38)44-22-16-24(41-19(5)35)32(8)28(18(22)4)30(43-21(7)37)34-25(46-31(40)33(34,9)47-34)15-17(3)14-23(29(32)42-20(6)36)45-27(39)13-11-2/h15,18,22-25,28-30H,10-14,16H2,1-9H3/b17-15-/t18-,22-,23-,24-,25-,28+,29-,30+,32+,33-,34+/m0/s1. The molecule has 4 aliphatic rings. The van der Waals surface area contributed by atoms with Crippen LogP contribution in [0.15, 0.2) is 11.6 Å². The summed E-state index contributed by atoms with van der Waals surface area (Å²) in [5.41, 5.74) is -3.89. The highest BCUT2D eigenvalue weighted by atomic mass is 16.7. The first-order valence-electron chi connectivity index (χ1n) is 16.4. The maximum absolute atomic E-state index is 13.3. The Morgan fingerprint density at radius 2 is 1.36 bits per heavy atom. The van der Waals surface area contributed by atoms with E-state index in [0.29, 0.717) is 18.4 Å². The quantitative estimate of drug-likeness (QED) is 0.152. The topological polar surface area (TPSA) is 170 Å². The van der Waals surface area contributed by atoms with Gasteiger partial charge in [-0.05, 0) is 32.8 Å². The molecule has 13 heteroatoms. The van der Waals surface area contributed by atoms with Crippen LogP contribution in [0.4, 0.5) is 0 Å². The summed E-state index contributed by atoms with van der Waals surface area (Å²) in [5.74, 6) is -5.35. The molecule has 47 heavy (non-hydrogen) atoms.